The monoisotopic (exact) mass is 223 g/mol. The van der Waals surface area contributed by atoms with Crippen molar-refractivity contribution in [3.63, 3.8) is 0 Å². The Morgan fingerprint density at radius 2 is 2.13 bits per heavy atom. The molecule has 2 heterocycles. The van der Waals surface area contributed by atoms with E-state index in [0.717, 1.165) is 18.0 Å². The Morgan fingerprint density at radius 3 is 2.73 bits per heavy atom. The van der Waals surface area contributed by atoms with E-state index in [1.165, 1.54) is 11.3 Å². The number of thiophene rings is 1. The first-order valence-electron chi connectivity index (χ1n) is 5.06. The highest BCUT2D eigenvalue weighted by atomic mass is 32.1. The number of hydrogen-bond donors (Lipinski definition) is 0. The van der Waals surface area contributed by atoms with Crippen molar-refractivity contribution in [2.75, 3.05) is 19.6 Å². The van der Waals surface area contributed by atoms with Gasteiger partial charge < -0.3 is 0 Å². The maximum atomic E-state index is 11.7. The molecule has 0 amide bonds. The van der Waals surface area contributed by atoms with Gasteiger partial charge in [-0.15, -0.1) is 11.3 Å². The first kappa shape index (κ1) is 10.5. The van der Waals surface area contributed by atoms with Crippen LogP contribution >= 0.6 is 11.3 Å². The minimum atomic E-state index is 0.166. The summed E-state index contributed by atoms with van der Waals surface area (Å²) < 4.78 is 0. The standard InChI is InChI=1S/C11H13NO2S/c13-9-3-5-12(6-4-9)8-10(14)11-2-1-7-15-11/h1-2,7H,3-6,8H2. The second-order valence-electron chi connectivity index (χ2n) is 3.72. The van der Waals surface area contributed by atoms with Gasteiger partial charge in [0.05, 0.1) is 11.4 Å². The summed E-state index contributed by atoms with van der Waals surface area (Å²) >= 11 is 1.48. The van der Waals surface area contributed by atoms with Crippen molar-refractivity contribution in [1.82, 2.24) is 4.90 Å². The maximum Gasteiger partial charge on any atom is 0.186 e. The molecule has 3 nitrogen and oxygen atoms in total. The zero-order chi connectivity index (χ0) is 10.7. The van der Waals surface area contributed by atoms with Crippen LogP contribution in [0.1, 0.15) is 22.5 Å². The van der Waals surface area contributed by atoms with Crippen molar-refractivity contribution in [2.24, 2.45) is 0 Å². The van der Waals surface area contributed by atoms with Crippen molar-refractivity contribution in [3.05, 3.63) is 22.4 Å². The Labute approximate surface area is 92.7 Å². The fourth-order valence-corrected chi connectivity index (χ4v) is 2.34. The summed E-state index contributed by atoms with van der Waals surface area (Å²) in [4.78, 5) is 25.6. The summed E-state index contributed by atoms with van der Waals surface area (Å²) in [5, 5.41) is 1.91. The van der Waals surface area contributed by atoms with Gasteiger partial charge in [0.15, 0.2) is 5.78 Å². The molecular formula is C11H13NO2S. The number of piperidine rings is 1. The van der Waals surface area contributed by atoms with Crippen LogP contribution in [0.25, 0.3) is 0 Å². The smallest absolute Gasteiger partial charge is 0.186 e. The van der Waals surface area contributed by atoms with E-state index in [0.29, 0.717) is 25.2 Å². The van der Waals surface area contributed by atoms with Gasteiger partial charge in [-0.1, -0.05) is 6.07 Å². The second kappa shape index (κ2) is 4.68. The molecule has 1 aromatic rings. The summed E-state index contributed by atoms with van der Waals surface area (Å²) in [6.07, 6.45) is 1.19. The van der Waals surface area contributed by atoms with E-state index in [4.69, 9.17) is 0 Å². The number of likely N-dealkylation sites (tertiary alicyclic amines) is 1. The molecule has 2 rings (SSSR count). The van der Waals surface area contributed by atoms with Crippen LogP contribution in [0, 0.1) is 0 Å². The van der Waals surface area contributed by atoms with Gasteiger partial charge in [-0.05, 0) is 11.4 Å². The molecular weight excluding hydrogens is 210 g/mol. The van der Waals surface area contributed by atoms with Crippen LogP contribution in [-0.4, -0.2) is 36.1 Å². The van der Waals surface area contributed by atoms with Crippen molar-refractivity contribution in [1.29, 1.82) is 0 Å². The molecule has 0 unspecified atom stereocenters. The molecule has 1 fully saturated rings. The number of rotatable bonds is 3. The molecule has 1 aromatic heterocycles. The van der Waals surface area contributed by atoms with Gasteiger partial charge in [0.2, 0.25) is 0 Å². The van der Waals surface area contributed by atoms with Crippen LogP contribution in [0.5, 0.6) is 0 Å². The fourth-order valence-electron chi connectivity index (χ4n) is 1.68. The van der Waals surface area contributed by atoms with Gasteiger partial charge in [-0.2, -0.15) is 0 Å². The normalized spacial score (nSPS) is 18.0. The Hall–Kier alpha value is -1.000. The van der Waals surface area contributed by atoms with E-state index in [1.807, 2.05) is 17.5 Å². The number of carbonyl (C=O) groups excluding carboxylic acids is 2. The largest absolute Gasteiger partial charge is 0.300 e. The average Bonchev–Trinajstić information content (AvgIpc) is 2.74. The van der Waals surface area contributed by atoms with Crippen LogP contribution < -0.4 is 0 Å². The molecule has 15 heavy (non-hydrogen) atoms. The Morgan fingerprint density at radius 1 is 1.40 bits per heavy atom. The molecule has 0 atom stereocenters. The molecule has 0 aliphatic carbocycles. The summed E-state index contributed by atoms with van der Waals surface area (Å²) in [7, 11) is 0. The van der Waals surface area contributed by atoms with E-state index in [2.05, 4.69) is 4.90 Å². The number of hydrogen-bond acceptors (Lipinski definition) is 4. The SMILES string of the molecule is O=C1CCN(CC(=O)c2cccs2)CC1. The summed E-state index contributed by atoms with van der Waals surface area (Å²) in [5.74, 6) is 0.481. The molecule has 1 saturated heterocycles. The molecule has 0 saturated carbocycles. The zero-order valence-corrected chi connectivity index (χ0v) is 9.26. The number of carbonyl (C=O) groups is 2. The van der Waals surface area contributed by atoms with Crippen molar-refractivity contribution in [3.8, 4) is 0 Å². The predicted octanol–water partition coefficient (Wildman–Crippen LogP) is 1.60. The molecule has 0 bridgehead atoms. The van der Waals surface area contributed by atoms with Crippen LogP contribution in [0.15, 0.2) is 17.5 Å². The van der Waals surface area contributed by atoms with Crippen LogP contribution in [0.3, 0.4) is 0 Å². The summed E-state index contributed by atoms with van der Waals surface area (Å²) in [6, 6.07) is 3.74. The van der Waals surface area contributed by atoms with Crippen LogP contribution in [0.2, 0.25) is 0 Å². The third-order valence-electron chi connectivity index (χ3n) is 2.58. The van der Waals surface area contributed by atoms with E-state index < -0.39 is 0 Å². The maximum absolute atomic E-state index is 11.7. The molecule has 0 radical (unpaired) electrons. The minimum Gasteiger partial charge on any atom is -0.300 e. The third-order valence-corrected chi connectivity index (χ3v) is 3.49. The van der Waals surface area contributed by atoms with Gasteiger partial charge in [-0.3, -0.25) is 14.5 Å². The van der Waals surface area contributed by atoms with Gasteiger partial charge in [0.25, 0.3) is 0 Å². The van der Waals surface area contributed by atoms with Crippen molar-refractivity contribution in [2.45, 2.75) is 12.8 Å². The quantitative estimate of drug-likeness (QED) is 0.730. The van der Waals surface area contributed by atoms with Gasteiger partial charge >= 0.3 is 0 Å². The molecule has 80 valence electrons. The van der Waals surface area contributed by atoms with E-state index in [9.17, 15) is 9.59 Å². The number of Topliss-reactive ketones (excluding diaryl/α,β-unsaturated/α-hetero) is 2. The van der Waals surface area contributed by atoms with Crippen molar-refractivity contribution >= 4 is 22.9 Å². The molecule has 4 heteroatoms. The van der Waals surface area contributed by atoms with E-state index in [-0.39, 0.29) is 5.78 Å². The average molecular weight is 223 g/mol. The zero-order valence-electron chi connectivity index (χ0n) is 8.44. The van der Waals surface area contributed by atoms with E-state index in [1.54, 1.807) is 0 Å². The van der Waals surface area contributed by atoms with E-state index >= 15 is 0 Å². The lowest BCUT2D eigenvalue weighted by Gasteiger charge is -2.24. The van der Waals surface area contributed by atoms with Crippen LogP contribution in [0.4, 0.5) is 0 Å². The second-order valence-corrected chi connectivity index (χ2v) is 4.66. The Balaban J connectivity index is 1.87. The van der Waals surface area contributed by atoms with Gasteiger partial charge in [0, 0.05) is 25.9 Å². The lowest BCUT2D eigenvalue weighted by Crippen LogP contribution is -2.37. The third kappa shape index (κ3) is 2.73. The number of nitrogens with zero attached hydrogens (tertiary/aromatic N) is 1. The minimum absolute atomic E-state index is 0.166. The lowest BCUT2D eigenvalue weighted by atomic mass is 10.1. The van der Waals surface area contributed by atoms with Gasteiger partial charge in [-0.25, -0.2) is 0 Å². The predicted molar refractivity (Wildman–Crippen MR) is 59.3 cm³/mol. The molecule has 0 N–H and O–H groups in total. The van der Waals surface area contributed by atoms with Crippen molar-refractivity contribution < 1.29 is 9.59 Å². The summed E-state index contributed by atoms with van der Waals surface area (Å²) in [6.45, 7) is 1.92. The first-order valence-corrected chi connectivity index (χ1v) is 5.94. The molecule has 0 aromatic carbocycles. The highest BCUT2D eigenvalue weighted by Crippen LogP contribution is 2.12. The molecule has 1 aliphatic rings. The number of ketones is 2. The molecule has 0 spiro atoms. The molecule has 1 aliphatic heterocycles. The fraction of sp³-hybridized carbons (Fsp3) is 0.455. The highest BCUT2D eigenvalue weighted by molar-refractivity contribution is 7.12. The van der Waals surface area contributed by atoms with Gasteiger partial charge in [0.1, 0.15) is 5.78 Å². The Kier molecular flexibility index (Phi) is 3.28. The Bertz CT molecular complexity index is 349. The topological polar surface area (TPSA) is 37.4 Å². The van der Waals surface area contributed by atoms with Crippen LogP contribution in [-0.2, 0) is 4.79 Å². The highest BCUT2D eigenvalue weighted by Gasteiger charge is 2.19. The first-order chi connectivity index (χ1) is 7.25. The lowest BCUT2D eigenvalue weighted by molar-refractivity contribution is -0.121. The summed E-state index contributed by atoms with van der Waals surface area (Å²) in [5.41, 5.74) is 0.